The van der Waals surface area contributed by atoms with Gasteiger partial charge in [-0.3, -0.25) is 14.7 Å². The van der Waals surface area contributed by atoms with E-state index in [1.807, 2.05) is 0 Å². The van der Waals surface area contributed by atoms with Crippen molar-refractivity contribution >= 4 is 34.8 Å². The molecule has 1 amide bonds. The highest BCUT2D eigenvalue weighted by Crippen LogP contribution is 2.37. The maximum Gasteiger partial charge on any atom is 0.280 e. The summed E-state index contributed by atoms with van der Waals surface area (Å²) in [6.45, 7) is 6.20. The fraction of sp³-hybridized carbons (Fsp3) is 0.579. The zero-order chi connectivity index (χ0) is 20.8. The number of nitrogens with zero attached hydrogens (tertiary/aromatic N) is 3. The molecule has 2 saturated heterocycles. The van der Waals surface area contributed by atoms with Crippen molar-refractivity contribution in [1.82, 2.24) is 20.2 Å². The summed E-state index contributed by atoms with van der Waals surface area (Å²) in [7, 11) is 3.00. The molecule has 1 aromatic carbocycles. The summed E-state index contributed by atoms with van der Waals surface area (Å²) in [5.41, 5.74) is 0.297. The molecule has 3 rings (SSSR count). The van der Waals surface area contributed by atoms with Crippen LogP contribution in [0.15, 0.2) is 12.1 Å². The van der Waals surface area contributed by atoms with Gasteiger partial charge >= 0.3 is 0 Å². The minimum Gasteiger partial charge on any atom is -0.496 e. The number of amides is 1. The number of methoxy groups -OCH3 is 2. The first-order valence-corrected chi connectivity index (χ1v) is 10.4. The van der Waals surface area contributed by atoms with E-state index in [9.17, 15) is 4.79 Å². The number of carbonyl (C=O) groups is 1. The molecule has 0 aliphatic carbocycles. The van der Waals surface area contributed by atoms with Crippen LogP contribution in [0, 0.1) is 0 Å². The maximum absolute atomic E-state index is 13.4. The molecule has 10 heteroatoms. The van der Waals surface area contributed by atoms with Gasteiger partial charge in [0.15, 0.2) is 10.9 Å². The van der Waals surface area contributed by atoms with Gasteiger partial charge in [0.2, 0.25) is 0 Å². The van der Waals surface area contributed by atoms with Gasteiger partial charge in [0, 0.05) is 39.3 Å². The summed E-state index contributed by atoms with van der Waals surface area (Å²) < 4.78 is 16.1. The first-order chi connectivity index (χ1) is 14.1. The third-order valence-electron chi connectivity index (χ3n) is 5.02. The van der Waals surface area contributed by atoms with Gasteiger partial charge in [-0.15, -0.1) is 0 Å². The van der Waals surface area contributed by atoms with E-state index in [-0.39, 0.29) is 5.91 Å². The number of halogens is 1. The molecule has 0 radical (unpaired) electrons. The minimum atomic E-state index is -0.254. The number of carbonyl (C=O) groups excluding carboxylic acids is 1. The molecule has 8 nitrogen and oxygen atoms in total. The topological polar surface area (TPSA) is 66.5 Å². The normalized spacial score (nSPS) is 17.3. The highest BCUT2D eigenvalue weighted by Gasteiger charge is 2.33. The molecule has 2 fully saturated rings. The molecular formula is C19H27ClN4O4S. The standard InChI is InChI=1S/C19H27ClN4O4S/c1-26-15-5-4-14(20)17(27-2)16(15)18(25)23-7-3-8-24(23)19(29)21-6-9-22-10-12-28-13-11-22/h4-5H,3,6-13H2,1-2H3,(H,21,29). The van der Waals surface area contributed by atoms with Gasteiger partial charge in [0.05, 0.1) is 32.5 Å². The summed E-state index contributed by atoms with van der Waals surface area (Å²) in [5, 5.41) is 7.58. The number of hydrazine groups is 1. The number of hydrogen-bond acceptors (Lipinski definition) is 6. The second kappa shape index (κ2) is 10.3. The Balaban J connectivity index is 1.67. The molecule has 0 aromatic heterocycles. The smallest absolute Gasteiger partial charge is 0.280 e. The van der Waals surface area contributed by atoms with Gasteiger partial charge in [0.1, 0.15) is 11.3 Å². The quantitative estimate of drug-likeness (QED) is 0.667. The number of rotatable bonds is 6. The van der Waals surface area contributed by atoms with E-state index < -0.39 is 0 Å². The lowest BCUT2D eigenvalue weighted by molar-refractivity contribution is 0.0381. The fourth-order valence-corrected chi connectivity index (χ4v) is 4.04. The maximum atomic E-state index is 13.4. The van der Waals surface area contributed by atoms with Crippen LogP contribution in [-0.2, 0) is 4.74 Å². The van der Waals surface area contributed by atoms with Crippen molar-refractivity contribution in [2.75, 3.05) is 66.7 Å². The largest absolute Gasteiger partial charge is 0.496 e. The minimum absolute atomic E-state index is 0.254. The lowest BCUT2D eigenvalue weighted by Gasteiger charge is -2.32. The monoisotopic (exact) mass is 442 g/mol. The third-order valence-corrected chi connectivity index (χ3v) is 5.67. The Labute approximate surface area is 181 Å². The molecule has 1 aromatic rings. The summed E-state index contributed by atoms with van der Waals surface area (Å²) in [4.78, 5) is 15.7. The Morgan fingerprint density at radius 2 is 1.90 bits per heavy atom. The molecule has 0 atom stereocenters. The van der Waals surface area contributed by atoms with Crippen molar-refractivity contribution in [2.24, 2.45) is 0 Å². The van der Waals surface area contributed by atoms with Gasteiger partial charge in [0.25, 0.3) is 5.91 Å². The van der Waals surface area contributed by atoms with Crippen LogP contribution in [0.4, 0.5) is 0 Å². The Bertz CT molecular complexity index is 745. The SMILES string of the molecule is COc1ccc(Cl)c(OC)c1C(=O)N1CCCN1C(=S)NCCN1CCOCC1. The van der Waals surface area contributed by atoms with Gasteiger partial charge in [-0.1, -0.05) is 11.6 Å². The Kier molecular flexibility index (Phi) is 7.77. The molecule has 29 heavy (non-hydrogen) atoms. The van der Waals surface area contributed by atoms with E-state index in [0.29, 0.717) is 46.8 Å². The lowest BCUT2D eigenvalue weighted by atomic mass is 10.1. The number of hydrogen-bond donors (Lipinski definition) is 1. The average Bonchev–Trinajstić information content (AvgIpc) is 3.23. The first-order valence-electron chi connectivity index (χ1n) is 9.64. The van der Waals surface area contributed by atoms with Crippen LogP contribution in [0.2, 0.25) is 5.02 Å². The van der Waals surface area contributed by atoms with Gasteiger partial charge in [-0.05, 0) is 30.8 Å². The number of nitrogens with one attached hydrogen (secondary N) is 1. The van der Waals surface area contributed by atoms with Gasteiger partial charge < -0.3 is 19.5 Å². The molecule has 2 aliphatic heterocycles. The average molecular weight is 443 g/mol. The van der Waals surface area contributed by atoms with E-state index in [1.54, 1.807) is 22.2 Å². The molecule has 0 spiro atoms. The first kappa shape index (κ1) is 21.9. The number of ether oxygens (including phenoxy) is 3. The van der Waals surface area contributed by atoms with Crippen LogP contribution in [-0.4, -0.2) is 92.6 Å². The summed E-state index contributed by atoms with van der Waals surface area (Å²) in [6, 6.07) is 3.31. The predicted molar refractivity (Wildman–Crippen MR) is 115 cm³/mol. The lowest BCUT2D eigenvalue weighted by Crippen LogP contribution is -2.50. The van der Waals surface area contributed by atoms with Crippen molar-refractivity contribution < 1.29 is 19.0 Å². The second-order valence-electron chi connectivity index (χ2n) is 6.75. The second-order valence-corrected chi connectivity index (χ2v) is 7.54. The number of morpholine rings is 1. The van der Waals surface area contributed by atoms with E-state index >= 15 is 0 Å². The molecule has 1 N–H and O–H groups in total. The Morgan fingerprint density at radius 1 is 1.17 bits per heavy atom. The van der Waals surface area contributed by atoms with Crippen molar-refractivity contribution in [3.05, 3.63) is 22.7 Å². The van der Waals surface area contributed by atoms with E-state index in [1.165, 1.54) is 14.2 Å². The van der Waals surface area contributed by atoms with Crippen LogP contribution in [0.1, 0.15) is 16.8 Å². The Hall–Kier alpha value is -1.81. The van der Waals surface area contributed by atoms with Gasteiger partial charge in [-0.2, -0.15) is 0 Å². The van der Waals surface area contributed by atoms with Crippen molar-refractivity contribution in [3.63, 3.8) is 0 Å². The van der Waals surface area contributed by atoms with E-state index in [2.05, 4.69) is 10.2 Å². The van der Waals surface area contributed by atoms with Crippen molar-refractivity contribution in [1.29, 1.82) is 0 Å². The van der Waals surface area contributed by atoms with Crippen LogP contribution in [0.25, 0.3) is 0 Å². The molecular weight excluding hydrogens is 416 g/mol. The molecule has 0 unspecified atom stereocenters. The molecule has 2 heterocycles. The number of benzene rings is 1. The molecule has 160 valence electrons. The van der Waals surface area contributed by atoms with E-state index in [0.717, 1.165) is 39.3 Å². The van der Waals surface area contributed by atoms with Crippen molar-refractivity contribution in [2.45, 2.75) is 6.42 Å². The molecule has 0 saturated carbocycles. The Morgan fingerprint density at radius 3 is 2.59 bits per heavy atom. The molecule has 0 bridgehead atoms. The summed E-state index contributed by atoms with van der Waals surface area (Å²) in [6.07, 6.45) is 0.822. The van der Waals surface area contributed by atoms with Crippen LogP contribution in [0.5, 0.6) is 11.5 Å². The van der Waals surface area contributed by atoms with Crippen LogP contribution in [0.3, 0.4) is 0 Å². The summed E-state index contributed by atoms with van der Waals surface area (Å²) in [5.74, 6) is 0.458. The predicted octanol–water partition coefficient (Wildman–Crippen LogP) is 1.63. The fourth-order valence-electron chi connectivity index (χ4n) is 3.51. The zero-order valence-electron chi connectivity index (χ0n) is 16.8. The van der Waals surface area contributed by atoms with E-state index in [4.69, 9.17) is 38.0 Å². The summed E-state index contributed by atoms with van der Waals surface area (Å²) >= 11 is 11.8. The highest BCUT2D eigenvalue weighted by atomic mass is 35.5. The zero-order valence-corrected chi connectivity index (χ0v) is 18.4. The van der Waals surface area contributed by atoms with Gasteiger partial charge in [-0.25, -0.2) is 5.01 Å². The highest BCUT2D eigenvalue weighted by molar-refractivity contribution is 7.80. The number of thiocarbonyl (C=S) groups is 1. The third kappa shape index (κ3) is 5.03. The van der Waals surface area contributed by atoms with Crippen LogP contribution < -0.4 is 14.8 Å². The molecule has 2 aliphatic rings. The van der Waals surface area contributed by atoms with Crippen LogP contribution >= 0.6 is 23.8 Å². The van der Waals surface area contributed by atoms with Crippen molar-refractivity contribution in [3.8, 4) is 11.5 Å².